The molecule has 0 aliphatic heterocycles. The highest BCUT2D eigenvalue weighted by molar-refractivity contribution is 6.31. The van der Waals surface area contributed by atoms with Gasteiger partial charge in [0.1, 0.15) is 6.33 Å². The van der Waals surface area contributed by atoms with Gasteiger partial charge in [0.2, 0.25) is 5.91 Å². The third kappa shape index (κ3) is 4.07. The zero-order chi connectivity index (χ0) is 17.0. The first-order valence-electron chi connectivity index (χ1n) is 7.16. The summed E-state index contributed by atoms with van der Waals surface area (Å²) in [5.41, 5.74) is 0.720. The molecule has 0 spiro atoms. The van der Waals surface area contributed by atoms with Crippen molar-refractivity contribution in [2.45, 2.75) is 26.3 Å². The van der Waals surface area contributed by atoms with Gasteiger partial charge in [-0.25, -0.2) is 0 Å². The van der Waals surface area contributed by atoms with E-state index in [-0.39, 0.29) is 17.9 Å². The Morgan fingerprint density at radius 1 is 1.39 bits per heavy atom. The summed E-state index contributed by atoms with van der Waals surface area (Å²) in [4.78, 5) is 24.1. The van der Waals surface area contributed by atoms with Gasteiger partial charge < -0.3 is 15.2 Å². The summed E-state index contributed by atoms with van der Waals surface area (Å²) < 4.78 is 1.73. The Hall–Kier alpha value is -2.41. The summed E-state index contributed by atoms with van der Waals surface area (Å²) >= 11 is 5.95. The van der Waals surface area contributed by atoms with Crippen LogP contribution in [0.3, 0.4) is 0 Å². The van der Waals surface area contributed by atoms with Crippen LogP contribution in [0.15, 0.2) is 24.5 Å². The van der Waals surface area contributed by atoms with Crippen LogP contribution in [0, 0.1) is 0 Å². The standard InChI is InChI=1S/C15H18ClN5O2/c1-4-13(22)19-12-7-10(16)5-6-11(12)15(23)18-9(2)14-20-17-8-21(14)3/h5-9H,4H2,1-3H3,(H,18,23)(H,19,22). The van der Waals surface area contributed by atoms with Gasteiger partial charge in [0, 0.05) is 18.5 Å². The molecule has 1 heterocycles. The van der Waals surface area contributed by atoms with E-state index < -0.39 is 0 Å². The average molecular weight is 336 g/mol. The van der Waals surface area contributed by atoms with Gasteiger partial charge in [0.25, 0.3) is 5.91 Å². The number of hydrogen-bond donors (Lipinski definition) is 2. The minimum atomic E-state index is -0.333. The number of aromatic nitrogens is 3. The van der Waals surface area contributed by atoms with Crippen molar-refractivity contribution in [2.75, 3.05) is 5.32 Å². The van der Waals surface area contributed by atoms with Crippen molar-refractivity contribution in [1.82, 2.24) is 20.1 Å². The summed E-state index contributed by atoms with van der Waals surface area (Å²) in [5, 5.41) is 13.7. The topological polar surface area (TPSA) is 88.9 Å². The molecule has 0 saturated carbocycles. The van der Waals surface area contributed by atoms with Crippen molar-refractivity contribution in [1.29, 1.82) is 0 Å². The molecule has 2 aromatic rings. The molecule has 2 amide bonds. The van der Waals surface area contributed by atoms with E-state index in [2.05, 4.69) is 20.8 Å². The number of anilines is 1. The molecule has 7 nitrogen and oxygen atoms in total. The maximum atomic E-state index is 12.5. The normalized spacial score (nSPS) is 11.8. The SMILES string of the molecule is CCC(=O)Nc1cc(Cl)ccc1C(=O)NC(C)c1nncn1C. The van der Waals surface area contributed by atoms with Gasteiger partial charge in [0.15, 0.2) is 5.82 Å². The van der Waals surface area contributed by atoms with Crippen molar-refractivity contribution in [3.63, 3.8) is 0 Å². The zero-order valence-corrected chi connectivity index (χ0v) is 13.9. The molecular formula is C15H18ClN5O2. The summed E-state index contributed by atoms with van der Waals surface area (Å²) in [6.07, 6.45) is 1.87. The van der Waals surface area contributed by atoms with E-state index in [0.717, 1.165) is 0 Å². The van der Waals surface area contributed by atoms with E-state index in [1.165, 1.54) is 0 Å². The van der Waals surface area contributed by atoms with Gasteiger partial charge in [-0.05, 0) is 25.1 Å². The maximum absolute atomic E-state index is 12.5. The lowest BCUT2D eigenvalue weighted by Crippen LogP contribution is -2.29. The molecule has 1 aromatic carbocycles. The minimum Gasteiger partial charge on any atom is -0.342 e. The number of carbonyl (C=O) groups excluding carboxylic acids is 2. The lowest BCUT2D eigenvalue weighted by molar-refractivity contribution is -0.115. The Morgan fingerprint density at radius 2 is 2.13 bits per heavy atom. The van der Waals surface area contributed by atoms with Gasteiger partial charge in [-0.15, -0.1) is 10.2 Å². The first-order chi connectivity index (χ1) is 10.9. The van der Waals surface area contributed by atoms with Crippen LogP contribution in [-0.2, 0) is 11.8 Å². The number of carbonyl (C=O) groups is 2. The van der Waals surface area contributed by atoms with Crippen LogP contribution in [0.5, 0.6) is 0 Å². The Balaban J connectivity index is 2.21. The Labute approximate surface area is 139 Å². The summed E-state index contributed by atoms with van der Waals surface area (Å²) in [5.74, 6) is 0.109. The molecule has 2 rings (SSSR count). The van der Waals surface area contributed by atoms with Crippen molar-refractivity contribution >= 4 is 29.1 Å². The van der Waals surface area contributed by atoms with Crippen molar-refractivity contribution in [3.05, 3.63) is 40.9 Å². The van der Waals surface area contributed by atoms with Gasteiger partial charge in [-0.3, -0.25) is 9.59 Å². The van der Waals surface area contributed by atoms with E-state index in [9.17, 15) is 9.59 Å². The van der Waals surface area contributed by atoms with Gasteiger partial charge in [0.05, 0.1) is 17.3 Å². The molecule has 8 heteroatoms. The molecule has 0 aliphatic carbocycles. The van der Waals surface area contributed by atoms with Crippen LogP contribution in [0.25, 0.3) is 0 Å². The van der Waals surface area contributed by atoms with Crippen molar-refractivity contribution < 1.29 is 9.59 Å². The number of nitrogens with one attached hydrogen (secondary N) is 2. The van der Waals surface area contributed by atoms with Crippen LogP contribution in [0.4, 0.5) is 5.69 Å². The van der Waals surface area contributed by atoms with Crippen molar-refractivity contribution in [2.24, 2.45) is 7.05 Å². The van der Waals surface area contributed by atoms with Crippen molar-refractivity contribution in [3.8, 4) is 0 Å². The lowest BCUT2D eigenvalue weighted by atomic mass is 10.1. The number of halogens is 1. The zero-order valence-electron chi connectivity index (χ0n) is 13.1. The second kappa shape index (κ2) is 7.23. The highest BCUT2D eigenvalue weighted by atomic mass is 35.5. The average Bonchev–Trinajstić information content (AvgIpc) is 2.93. The van der Waals surface area contributed by atoms with Crippen LogP contribution >= 0.6 is 11.6 Å². The van der Waals surface area contributed by atoms with E-state index >= 15 is 0 Å². The second-order valence-electron chi connectivity index (χ2n) is 5.09. The predicted octanol–water partition coefficient (Wildman–Crippen LogP) is 2.31. The molecule has 2 N–H and O–H groups in total. The van der Waals surface area contributed by atoms with Crippen LogP contribution in [-0.4, -0.2) is 26.6 Å². The third-order valence-corrected chi connectivity index (χ3v) is 3.54. The maximum Gasteiger partial charge on any atom is 0.253 e. The number of aryl methyl sites for hydroxylation is 1. The fourth-order valence-electron chi connectivity index (χ4n) is 2.08. The summed E-state index contributed by atoms with van der Waals surface area (Å²) in [7, 11) is 1.80. The van der Waals surface area contributed by atoms with E-state index in [1.54, 1.807) is 43.1 Å². The predicted molar refractivity (Wildman–Crippen MR) is 87.3 cm³/mol. The van der Waals surface area contributed by atoms with Crippen LogP contribution in [0.1, 0.15) is 42.5 Å². The quantitative estimate of drug-likeness (QED) is 0.877. The molecule has 23 heavy (non-hydrogen) atoms. The summed E-state index contributed by atoms with van der Waals surface area (Å²) in [6, 6.07) is 4.40. The first kappa shape index (κ1) is 17.0. The van der Waals surface area contributed by atoms with E-state index in [1.807, 2.05) is 6.92 Å². The number of rotatable bonds is 5. The fourth-order valence-corrected chi connectivity index (χ4v) is 2.25. The fraction of sp³-hybridized carbons (Fsp3) is 0.333. The first-order valence-corrected chi connectivity index (χ1v) is 7.54. The highest BCUT2D eigenvalue weighted by Crippen LogP contribution is 2.22. The number of benzene rings is 1. The molecular weight excluding hydrogens is 318 g/mol. The second-order valence-corrected chi connectivity index (χ2v) is 5.52. The minimum absolute atomic E-state index is 0.192. The molecule has 0 saturated heterocycles. The Morgan fingerprint density at radius 3 is 2.74 bits per heavy atom. The monoisotopic (exact) mass is 335 g/mol. The molecule has 0 radical (unpaired) electrons. The number of nitrogens with zero attached hydrogens (tertiary/aromatic N) is 3. The molecule has 122 valence electrons. The van der Waals surface area contributed by atoms with E-state index in [0.29, 0.717) is 28.5 Å². The molecule has 0 aliphatic rings. The largest absolute Gasteiger partial charge is 0.342 e. The molecule has 0 fully saturated rings. The van der Waals surface area contributed by atoms with E-state index in [4.69, 9.17) is 11.6 Å². The molecule has 1 atom stereocenters. The molecule has 1 unspecified atom stereocenters. The van der Waals surface area contributed by atoms with Gasteiger partial charge >= 0.3 is 0 Å². The summed E-state index contributed by atoms with van der Waals surface area (Å²) in [6.45, 7) is 3.54. The molecule has 1 aromatic heterocycles. The van der Waals surface area contributed by atoms with Crippen LogP contribution in [0.2, 0.25) is 5.02 Å². The number of amides is 2. The lowest BCUT2D eigenvalue weighted by Gasteiger charge is -2.15. The smallest absolute Gasteiger partial charge is 0.253 e. The Kier molecular flexibility index (Phi) is 5.33. The number of hydrogen-bond acceptors (Lipinski definition) is 4. The van der Waals surface area contributed by atoms with Gasteiger partial charge in [-0.2, -0.15) is 0 Å². The van der Waals surface area contributed by atoms with Gasteiger partial charge in [-0.1, -0.05) is 18.5 Å². The third-order valence-electron chi connectivity index (χ3n) is 3.30. The van der Waals surface area contributed by atoms with Crippen LogP contribution < -0.4 is 10.6 Å². The Bertz CT molecular complexity index is 728. The highest BCUT2D eigenvalue weighted by Gasteiger charge is 2.18. The molecule has 0 bridgehead atoms.